The highest BCUT2D eigenvalue weighted by Gasteiger charge is 2.31. The Morgan fingerprint density at radius 1 is 1.26 bits per heavy atom. The van der Waals surface area contributed by atoms with E-state index in [0.29, 0.717) is 12.8 Å². The lowest BCUT2D eigenvalue weighted by Crippen LogP contribution is -2.40. The van der Waals surface area contributed by atoms with E-state index in [-0.39, 0.29) is 17.0 Å². The first-order chi connectivity index (χ1) is 10.7. The molecule has 1 amide bonds. The van der Waals surface area contributed by atoms with Gasteiger partial charge in [0.15, 0.2) is 0 Å². The van der Waals surface area contributed by atoms with Crippen molar-refractivity contribution >= 4 is 16.9 Å². The van der Waals surface area contributed by atoms with Crippen molar-refractivity contribution in [2.45, 2.75) is 45.1 Å². The molecule has 122 valence electrons. The van der Waals surface area contributed by atoms with Crippen LogP contribution in [0.15, 0.2) is 35.3 Å². The topological polar surface area (TPSA) is 56.0 Å². The van der Waals surface area contributed by atoms with Gasteiger partial charge in [-0.3, -0.25) is 13.9 Å². The predicted octanol–water partition coefficient (Wildman–Crippen LogP) is 2.60. The summed E-state index contributed by atoms with van der Waals surface area (Å²) in [7, 11) is 1.76. The number of benzene rings is 1. The van der Waals surface area contributed by atoms with Crippen molar-refractivity contribution < 1.29 is 4.79 Å². The number of fused-ring (bicyclic) bond motifs is 1. The molecule has 2 heterocycles. The molecular weight excluding hydrogens is 290 g/mol. The lowest BCUT2D eigenvalue weighted by atomic mass is 9.86. The summed E-state index contributed by atoms with van der Waals surface area (Å²) in [6, 6.07) is 5.45. The molecule has 1 saturated heterocycles. The van der Waals surface area contributed by atoms with Crippen molar-refractivity contribution in [2.75, 3.05) is 0 Å². The highest BCUT2D eigenvalue weighted by molar-refractivity contribution is 5.87. The van der Waals surface area contributed by atoms with Gasteiger partial charge in [-0.05, 0) is 29.9 Å². The number of imidazole rings is 1. The summed E-state index contributed by atoms with van der Waals surface area (Å²) in [4.78, 5) is 25.2. The first kappa shape index (κ1) is 15.6. The van der Waals surface area contributed by atoms with E-state index in [1.165, 1.54) is 0 Å². The van der Waals surface area contributed by atoms with Crippen LogP contribution >= 0.6 is 0 Å². The molecule has 1 aliphatic heterocycles. The summed E-state index contributed by atoms with van der Waals surface area (Å²) in [5.74, 6) is -0.153. The highest BCUT2D eigenvalue weighted by Crippen LogP contribution is 2.32. The van der Waals surface area contributed by atoms with Crippen LogP contribution in [-0.4, -0.2) is 15.0 Å². The number of nitrogens with zero attached hydrogens (tertiary/aromatic N) is 2. The standard InChI is InChI=1S/C18H23N3O2/c1-11-9-10-14(16(22)19-11)21-15-12(18(2,3)4)7-6-8-13(15)20(5)17(21)23/h6-8,14H,1,9-10H2,2-5H3,(H,19,22). The number of aryl methyl sites for hydroxylation is 1. The van der Waals surface area contributed by atoms with Crippen molar-refractivity contribution in [3.05, 3.63) is 46.5 Å². The SMILES string of the molecule is C=C1CCC(n2c(=O)n(C)c3cccc(C(C)(C)C)c32)C(=O)N1. The third kappa shape index (κ3) is 2.40. The molecule has 1 aromatic carbocycles. The van der Waals surface area contributed by atoms with E-state index >= 15 is 0 Å². The van der Waals surface area contributed by atoms with Crippen LogP contribution < -0.4 is 11.0 Å². The Kier molecular flexibility index (Phi) is 3.47. The number of piperidine rings is 1. The zero-order chi connectivity index (χ0) is 16.9. The minimum absolute atomic E-state index is 0.121. The number of nitrogens with one attached hydrogen (secondary N) is 1. The zero-order valence-electron chi connectivity index (χ0n) is 14.1. The fourth-order valence-corrected chi connectivity index (χ4v) is 3.32. The molecule has 1 aromatic heterocycles. The summed E-state index contributed by atoms with van der Waals surface area (Å²) >= 11 is 0. The van der Waals surface area contributed by atoms with Crippen molar-refractivity contribution in [3.8, 4) is 0 Å². The van der Waals surface area contributed by atoms with Crippen molar-refractivity contribution in [1.82, 2.24) is 14.5 Å². The minimum Gasteiger partial charge on any atom is -0.329 e. The Balaban J connectivity index is 2.33. The van der Waals surface area contributed by atoms with Crippen LogP contribution in [0.3, 0.4) is 0 Å². The quantitative estimate of drug-likeness (QED) is 0.880. The van der Waals surface area contributed by atoms with Gasteiger partial charge in [-0.2, -0.15) is 0 Å². The second-order valence-electron chi connectivity index (χ2n) is 7.28. The largest absolute Gasteiger partial charge is 0.329 e. The lowest BCUT2D eigenvalue weighted by molar-refractivity contribution is -0.124. The van der Waals surface area contributed by atoms with Crippen LogP contribution in [0.2, 0.25) is 0 Å². The fraction of sp³-hybridized carbons (Fsp3) is 0.444. The molecule has 0 bridgehead atoms. The summed E-state index contributed by atoms with van der Waals surface area (Å²) in [6.07, 6.45) is 1.29. The number of rotatable bonds is 1. The number of hydrogen-bond acceptors (Lipinski definition) is 2. The van der Waals surface area contributed by atoms with Crippen LogP contribution in [0, 0.1) is 0 Å². The monoisotopic (exact) mass is 313 g/mol. The normalized spacial score (nSPS) is 19.2. The molecule has 1 unspecified atom stereocenters. The lowest BCUT2D eigenvalue weighted by Gasteiger charge is -2.27. The zero-order valence-corrected chi connectivity index (χ0v) is 14.1. The number of carbonyl (C=O) groups excluding carboxylic acids is 1. The second kappa shape index (κ2) is 5.11. The van der Waals surface area contributed by atoms with E-state index in [2.05, 4.69) is 32.7 Å². The van der Waals surface area contributed by atoms with E-state index in [4.69, 9.17) is 0 Å². The Hall–Kier alpha value is -2.30. The maximum Gasteiger partial charge on any atom is 0.329 e. The first-order valence-corrected chi connectivity index (χ1v) is 7.91. The minimum atomic E-state index is -0.486. The number of aromatic nitrogens is 2. The number of carbonyl (C=O) groups is 1. The van der Waals surface area contributed by atoms with Crippen LogP contribution in [0.1, 0.15) is 45.2 Å². The van der Waals surface area contributed by atoms with Crippen LogP contribution in [-0.2, 0) is 17.3 Å². The maximum absolute atomic E-state index is 12.8. The van der Waals surface area contributed by atoms with Gasteiger partial charge in [0.25, 0.3) is 0 Å². The van der Waals surface area contributed by atoms with Gasteiger partial charge in [0, 0.05) is 12.7 Å². The molecule has 1 atom stereocenters. The Labute approximate surface area is 135 Å². The third-order valence-electron chi connectivity index (χ3n) is 4.55. The van der Waals surface area contributed by atoms with E-state index in [9.17, 15) is 9.59 Å². The van der Waals surface area contributed by atoms with Crippen LogP contribution in [0.25, 0.3) is 11.0 Å². The van der Waals surface area contributed by atoms with Gasteiger partial charge in [0.2, 0.25) is 5.91 Å². The molecule has 0 aliphatic carbocycles. The van der Waals surface area contributed by atoms with Gasteiger partial charge in [0.05, 0.1) is 11.0 Å². The van der Waals surface area contributed by atoms with Gasteiger partial charge < -0.3 is 5.32 Å². The van der Waals surface area contributed by atoms with Crippen LogP contribution in [0.5, 0.6) is 0 Å². The van der Waals surface area contributed by atoms with E-state index < -0.39 is 6.04 Å². The van der Waals surface area contributed by atoms with E-state index in [0.717, 1.165) is 22.3 Å². The van der Waals surface area contributed by atoms with E-state index in [1.54, 1.807) is 16.2 Å². The number of hydrogen-bond donors (Lipinski definition) is 1. The predicted molar refractivity (Wildman–Crippen MR) is 91.4 cm³/mol. The Bertz CT molecular complexity index is 865. The van der Waals surface area contributed by atoms with Gasteiger partial charge in [0.1, 0.15) is 6.04 Å². The van der Waals surface area contributed by atoms with Crippen LogP contribution in [0.4, 0.5) is 0 Å². The van der Waals surface area contributed by atoms with Crippen molar-refractivity contribution in [1.29, 1.82) is 0 Å². The van der Waals surface area contributed by atoms with Crippen molar-refractivity contribution in [3.63, 3.8) is 0 Å². The van der Waals surface area contributed by atoms with Gasteiger partial charge in [-0.1, -0.05) is 39.5 Å². The molecule has 1 fully saturated rings. The number of amides is 1. The highest BCUT2D eigenvalue weighted by atomic mass is 16.2. The molecule has 0 spiro atoms. The molecular formula is C18H23N3O2. The summed E-state index contributed by atoms with van der Waals surface area (Å²) in [6.45, 7) is 10.2. The molecule has 1 N–H and O–H groups in total. The molecule has 0 radical (unpaired) electrons. The molecule has 0 saturated carbocycles. The smallest absolute Gasteiger partial charge is 0.329 e. The molecule has 1 aliphatic rings. The summed E-state index contributed by atoms with van der Waals surface area (Å²) in [5.41, 5.74) is 3.24. The average molecular weight is 313 g/mol. The Morgan fingerprint density at radius 2 is 1.96 bits per heavy atom. The van der Waals surface area contributed by atoms with Crippen molar-refractivity contribution in [2.24, 2.45) is 7.05 Å². The fourth-order valence-electron chi connectivity index (χ4n) is 3.32. The Morgan fingerprint density at radius 3 is 2.57 bits per heavy atom. The van der Waals surface area contributed by atoms with Gasteiger partial charge >= 0.3 is 5.69 Å². The third-order valence-corrected chi connectivity index (χ3v) is 4.55. The van der Waals surface area contributed by atoms with Gasteiger partial charge in [-0.25, -0.2) is 4.79 Å². The maximum atomic E-state index is 12.8. The second-order valence-corrected chi connectivity index (χ2v) is 7.28. The molecule has 5 nitrogen and oxygen atoms in total. The van der Waals surface area contributed by atoms with E-state index in [1.807, 2.05) is 18.2 Å². The molecule has 5 heteroatoms. The number of allylic oxidation sites excluding steroid dienone is 1. The molecule has 2 aromatic rings. The number of para-hydroxylation sites is 1. The van der Waals surface area contributed by atoms with Gasteiger partial charge in [-0.15, -0.1) is 0 Å². The average Bonchev–Trinajstić information content (AvgIpc) is 2.71. The summed E-state index contributed by atoms with van der Waals surface area (Å²) < 4.78 is 3.29. The summed E-state index contributed by atoms with van der Waals surface area (Å²) in [5, 5.41) is 2.78. The molecule has 23 heavy (non-hydrogen) atoms. The first-order valence-electron chi connectivity index (χ1n) is 7.91. The molecule has 3 rings (SSSR count).